The van der Waals surface area contributed by atoms with Gasteiger partial charge in [-0.1, -0.05) is 25.5 Å². The number of hydrogen-bond donors (Lipinski definition) is 1. The molecule has 1 unspecified atom stereocenters. The average molecular weight is 523 g/mol. The van der Waals surface area contributed by atoms with Crippen LogP contribution in [-0.4, -0.2) is 85.8 Å². The zero-order chi connectivity index (χ0) is 26.5. The molecule has 1 atom stereocenters. The molecule has 9 nitrogen and oxygen atoms in total. The van der Waals surface area contributed by atoms with Gasteiger partial charge in [-0.15, -0.1) is 0 Å². The van der Waals surface area contributed by atoms with Crippen molar-refractivity contribution < 1.29 is 33.6 Å². The van der Waals surface area contributed by atoms with Gasteiger partial charge in [0.1, 0.15) is 24.7 Å². The topological polar surface area (TPSA) is 97.8 Å². The molecular weight excluding hydrogens is 488 g/mol. The maximum absolute atomic E-state index is 13.4. The summed E-state index contributed by atoms with van der Waals surface area (Å²) in [5.41, 5.74) is 1.15. The van der Waals surface area contributed by atoms with Crippen LogP contribution < -0.4 is 14.2 Å². The summed E-state index contributed by atoms with van der Waals surface area (Å²) in [6, 6.07) is 11.7. The number of likely N-dealkylation sites (tertiary alicyclic amines) is 1. The summed E-state index contributed by atoms with van der Waals surface area (Å²) in [5, 5.41) is 11.4. The molecule has 38 heavy (non-hydrogen) atoms. The van der Waals surface area contributed by atoms with Gasteiger partial charge in [0.25, 0.3) is 11.7 Å². The van der Waals surface area contributed by atoms with Crippen molar-refractivity contribution >= 4 is 17.4 Å². The first-order valence-corrected chi connectivity index (χ1v) is 13.3. The van der Waals surface area contributed by atoms with E-state index in [1.807, 2.05) is 24.3 Å². The Morgan fingerprint density at radius 2 is 1.79 bits per heavy atom. The number of Topliss-reactive ketones (excluding diaryl/α,β-unsaturated/α-hetero) is 1. The molecule has 1 N–H and O–H groups in total. The molecule has 0 aromatic heterocycles. The predicted octanol–water partition coefficient (Wildman–Crippen LogP) is 3.39. The molecule has 3 heterocycles. The van der Waals surface area contributed by atoms with E-state index in [9.17, 15) is 14.7 Å². The van der Waals surface area contributed by atoms with Gasteiger partial charge in [-0.25, -0.2) is 0 Å². The predicted molar refractivity (Wildman–Crippen MR) is 141 cm³/mol. The van der Waals surface area contributed by atoms with Crippen molar-refractivity contribution in [3.63, 3.8) is 0 Å². The Labute approximate surface area is 222 Å². The van der Waals surface area contributed by atoms with Gasteiger partial charge < -0.3 is 29.0 Å². The van der Waals surface area contributed by atoms with E-state index in [0.29, 0.717) is 74.5 Å². The number of benzene rings is 2. The van der Waals surface area contributed by atoms with Gasteiger partial charge in [0.15, 0.2) is 11.5 Å². The van der Waals surface area contributed by atoms with Crippen molar-refractivity contribution in [1.82, 2.24) is 9.80 Å². The Morgan fingerprint density at radius 3 is 2.58 bits per heavy atom. The quantitative estimate of drug-likeness (QED) is 0.232. The van der Waals surface area contributed by atoms with E-state index in [0.717, 1.165) is 25.9 Å². The molecule has 2 aromatic rings. The molecule has 0 spiro atoms. The first-order chi connectivity index (χ1) is 18.6. The largest absolute Gasteiger partial charge is 0.507 e. The van der Waals surface area contributed by atoms with E-state index in [2.05, 4.69) is 11.8 Å². The molecule has 2 aromatic carbocycles. The lowest BCUT2D eigenvalue weighted by molar-refractivity contribution is -0.140. The highest BCUT2D eigenvalue weighted by atomic mass is 16.6. The van der Waals surface area contributed by atoms with Crippen LogP contribution in [0.3, 0.4) is 0 Å². The van der Waals surface area contributed by atoms with E-state index >= 15 is 0 Å². The van der Waals surface area contributed by atoms with Gasteiger partial charge in [0.2, 0.25) is 0 Å². The van der Waals surface area contributed by atoms with E-state index in [1.165, 1.54) is 0 Å². The molecule has 1 amide bonds. The van der Waals surface area contributed by atoms with E-state index in [-0.39, 0.29) is 11.3 Å². The number of hydrogen-bond acceptors (Lipinski definition) is 8. The molecule has 0 aliphatic carbocycles. The Morgan fingerprint density at radius 1 is 1.00 bits per heavy atom. The number of aliphatic hydroxyl groups is 1. The van der Waals surface area contributed by atoms with E-state index in [1.54, 1.807) is 23.1 Å². The van der Waals surface area contributed by atoms with Crippen LogP contribution in [0.2, 0.25) is 0 Å². The molecule has 9 heteroatoms. The Kier molecular flexibility index (Phi) is 8.14. The molecular formula is C29H34N2O7. The number of rotatable bonds is 9. The number of carbonyl (C=O) groups excluding carboxylic acids is 2. The summed E-state index contributed by atoms with van der Waals surface area (Å²) in [4.78, 5) is 30.5. The zero-order valence-corrected chi connectivity index (χ0v) is 21.7. The van der Waals surface area contributed by atoms with Crippen LogP contribution in [0.4, 0.5) is 0 Å². The number of fused-ring (bicyclic) bond motifs is 1. The van der Waals surface area contributed by atoms with E-state index in [4.69, 9.17) is 18.9 Å². The van der Waals surface area contributed by atoms with Crippen molar-refractivity contribution in [1.29, 1.82) is 0 Å². The minimum absolute atomic E-state index is 0.0550. The smallest absolute Gasteiger partial charge is 0.295 e. The number of amides is 1. The van der Waals surface area contributed by atoms with Crippen molar-refractivity contribution in [2.75, 3.05) is 59.2 Å². The summed E-state index contributed by atoms with van der Waals surface area (Å²) in [6.45, 7) is 7.29. The molecule has 0 radical (unpaired) electrons. The van der Waals surface area contributed by atoms with Crippen molar-refractivity contribution in [3.8, 4) is 17.2 Å². The van der Waals surface area contributed by atoms with Crippen LogP contribution in [0.15, 0.2) is 48.0 Å². The molecule has 3 aliphatic heterocycles. The highest BCUT2D eigenvalue weighted by molar-refractivity contribution is 6.46. The SMILES string of the molecule is CCCCOc1cccc(C2/C(=C(/O)c3ccc4c(c3)OCCO4)C(=O)C(=O)N2CCN2CCOCC2)c1. The van der Waals surface area contributed by atoms with Gasteiger partial charge in [-0.2, -0.15) is 0 Å². The molecule has 3 aliphatic rings. The highest BCUT2D eigenvalue weighted by Crippen LogP contribution is 2.41. The number of morpholine rings is 1. The maximum Gasteiger partial charge on any atom is 0.295 e. The maximum atomic E-state index is 13.4. The monoisotopic (exact) mass is 522 g/mol. The van der Waals surface area contributed by atoms with Crippen molar-refractivity contribution in [2.24, 2.45) is 0 Å². The van der Waals surface area contributed by atoms with Crippen LogP contribution in [0.1, 0.15) is 36.9 Å². The van der Waals surface area contributed by atoms with Crippen LogP contribution in [-0.2, 0) is 14.3 Å². The lowest BCUT2D eigenvalue weighted by Gasteiger charge is -2.31. The second-order valence-corrected chi connectivity index (χ2v) is 9.58. The zero-order valence-electron chi connectivity index (χ0n) is 21.7. The van der Waals surface area contributed by atoms with Gasteiger partial charge >= 0.3 is 0 Å². The number of nitrogens with zero attached hydrogens (tertiary/aromatic N) is 2. The highest BCUT2D eigenvalue weighted by Gasteiger charge is 2.46. The van der Waals surface area contributed by atoms with Gasteiger partial charge in [-0.05, 0) is 42.3 Å². The number of ether oxygens (including phenoxy) is 4. The average Bonchev–Trinajstić information content (AvgIpc) is 3.21. The van der Waals surface area contributed by atoms with Crippen molar-refractivity contribution in [3.05, 3.63) is 59.2 Å². The minimum Gasteiger partial charge on any atom is -0.507 e. The number of carbonyl (C=O) groups is 2. The first-order valence-electron chi connectivity index (χ1n) is 13.3. The fourth-order valence-corrected chi connectivity index (χ4v) is 4.99. The van der Waals surface area contributed by atoms with Crippen LogP contribution in [0.25, 0.3) is 5.76 Å². The fraction of sp³-hybridized carbons (Fsp3) is 0.448. The minimum atomic E-state index is -0.751. The number of unbranched alkanes of at least 4 members (excludes halogenated alkanes) is 1. The van der Waals surface area contributed by atoms with Crippen LogP contribution in [0.5, 0.6) is 17.2 Å². The Balaban J connectivity index is 1.52. The van der Waals surface area contributed by atoms with Gasteiger partial charge in [0, 0.05) is 31.7 Å². The normalized spacial score (nSPS) is 21.1. The Bertz CT molecular complexity index is 1210. The Hall–Kier alpha value is -3.56. The van der Waals surface area contributed by atoms with Gasteiger partial charge in [0.05, 0.1) is 31.4 Å². The third-order valence-corrected chi connectivity index (χ3v) is 7.06. The second-order valence-electron chi connectivity index (χ2n) is 9.58. The summed E-state index contributed by atoms with van der Waals surface area (Å²) >= 11 is 0. The molecule has 202 valence electrons. The fourth-order valence-electron chi connectivity index (χ4n) is 4.99. The standard InChI is InChI=1S/C29H34N2O7/c1-2-3-13-36-22-6-4-5-20(18-22)26-25(27(32)21-7-8-23-24(19-21)38-17-16-37-23)28(33)29(34)31(26)10-9-30-11-14-35-15-12-30/h4-8,18-19,26,32H,2-3,9-17H2,1H3/b27-25-. The second kappa shape index (κ2) is 11.9. The van der Waals surface area contributed by atoms with Crippen LogP contribution in [0, 0.1) is 0 Å². The first kappa shape index (κ1) is 26.1. The van der Waals surface area contributed by atoms with Crippen LogP contribution >= 0.6 is 0 Å². The molecule has 0 bridgehead atoms. The number of aliphatic hydroxyl groups excluding tert-OH is 1. The summed E-state index contributed by atoms with van der Waals surface area (Å²) in [7, 11) is 0. The molecule has 5 rings (SSSR count). The van der Waals surface area contributed by atoms with E-state index < -0.39 is 17.7 Å². The molecule has 2 saturated heterocycles. The third-order valence-electron chi connectivity index (χ3n) is 7.06. The molecule has 0 saturated carbocycles. The third kappa shape index (κ3) is 5.49. The van der Waals surface area contributed by atoms with Gasteiger partial charge in [-0.3, -0.25) is 14.5 Å². The molecule has 2 fully saturated rings. The summed E-state index contributed by atoms with van der Waals surface area (Å²) < 4.78 is 22.6. The van der Waals surface area contributed by atoms with Crippen molar-refractivity contribution in [2.45, 2.75) is 25.8 Å². The lowest BCUT2D eigenvalue weighted by Crippen LogP contribution is -2.42. The number of ketones is 1. The summed E-state index contributed by atoms with van der Waals surface area (Å²) in [6.07, 6.45) is 1.93. The summed E-state index contributed by atoms with van der Waals surface area (Å²) in [5.74, 6) is 0.156. The lowest BCUT2D eigenvalue weighted by atomic mass is 9.95.